The van der Waals surface area contributed by atoms with Crippen LogP contribution < -0.4 is 9.44 Å². The number of nitrogens with one attached hydrogen (secondary N) is 2. The van der Waals surface area contributed by atoms with Gasteiger partial charge in [-0.3, -0.25) is 9.59 Å². The molecule has 3 aromatic carbocycles. The van der Waals surface area contributed by atoms with Gasteiger partial charge in [0.05, 0.1) is 25.4 Å². The van der Waals surface area contributed by atoms with E-state index >= 15 is 0 Å². The van der Waals surface area contributed by atoms with E-state index in [1.807, 2.05) is 59.5 Å². The molecule has 2 aliphatic heterocycles. The van der Waals surface area contributed by atoms with Gasteiger partial charge in [0.15, 0.2) is 0 Å². The van der Waals surface area contributed by atoms with Crippen molar-refractivity contribution in [2.75, 3.05) is 26.7 Å². The largest absolute Gasteiger partial charge is 0.370 e. The predicted octanol–water partition coefficient (Wildman–Crippen LogP) is 5.55. The normalized spacial score (nSPS) is 18.8. The van der Waals surface area contributed by atoms with Gasteiger partial charge >= 0.3 is 10.2 Å². The summed E-state index contributed by atoms with van der Waals surface area (Å²) < 4.78 is 36.8. The molecule has 3 aliphatic rings. The molecule has 4 aromatic rings. The van der Waals surface area contributed by atoms with Gasteiger partial charge in [-0.1, -0.05) is 79.9 Å². The van der Waals surface area contributed by atoms with Crippen molar-refractivity contribution in [1.29, 1.82) is 0 Å². The Morgan fingerprint density at radius 2 is 1.70 bits per heavy atom. The third kappa shape index (κ3) is 5.77. The minimum Gasteiger partial charge on any atom is -0.370 e. The van der Waals surface area contributed by atoms with Crippen molar-refractivity contribution in [3.05, 3.63) is 101 Å². The van der Waals surface area contributed by atoms with E-state index in [1.54, 1.807) is 12.1 Å². The number of amides is 2. The van der Waals surface area contributed by atoms with E-state index < -0.39 is 16.1 Å². The molecule has 1 unspecified atom stereocenters. The summed E-state index contributed by atoms with van der Waals surface area (Å²) >= 11 is 0. The molecule has 3 heterocycles. The first-order valence-corrected chi connectivity index (χ1v) is 17.5. The van der Waals surface area contributed by atoms with E-state index in [2.05, 4.69) is 26.1 Å². The van der Waals surface area contributed by atoms with Crippen LogP contribution in [-0.2, 0) is 26.3 Å². The Labute approximate surface area is 269 Å². The Morgan fingerprint density at radius 3 is 2.48 bits per heavy atom. The van der Waals surface area contributed by atoms with Gasteiger partial charge in [0.1, 0.15) is 6.10 Å². The Hall–Kier alpha value is -4.25. The number of nitrogens with zero attached hydrogens (tertiary/aromatic N) is 2. The maximum absolute atomic E-state index is 14.4. The van der Waals surface area contributed by atoms with Gasteiger partial charge < -0.3 is 14.2 Å². The van der Waals surface area contributed by atoms with Crippen molar-refractivity contribution in [3.8, 4) is 11.3 Å². The molecule has 9 nitrogen and oxygen atoms in total. The molecule has 0 bridgehead atoms. The first kappa shape index (κ1) is 30.4. The standard InChI is InChI=1S/C36H38N4O5S/c1-37-46(43,44)38-35(41)27-16-17-30-31(21-27)40-22-28(36(42)39-18-19-45-32(23-39)24-10-4-2-5-11-24)20-26-14-8-9-15-29(26)34(40)33(30)25-12-6-3-7-13-25/h2,4-5,8-11,14-17,20-21,25,32,37H,3,6-7,12-13,18-19,22-23H2,1H3,(H,38,41). The summed E-state index contributed by atoms with van der Waals surface area (Å²) in [6.07, 6.45) is 7.49. The first-order chi connectivity index (χ1) is 22.3. The number of morpholine rings is 1. The fraction of sp³-hybridized carbons (Fsp3) is 0.333. The van der Waals surface area contributed by atoms with Crippen LogP contribution in [0.3, 0.4) is 0 Å². The summed E-state index contributed by atoms with van der Waals surface area (Å²) in [5.74, 6) is -0.415. The molecule has 1 aliphatic carbocycles. The number of rotatable bonds is 6. The topological polar surface area (TPSA) is 110 Å². The molecule has 10 heteroatoms. The lowest BCUT2D eigenvalue weighted by Crippen LogP contribution is -2.43. The highest BCUT2D eigenvalue weighted by atomic mass is 32.2. The van der Waals surface area contributed by atoms with E-state index in [0.29, 0.717) is 37.7 Å². The Kier molecular flexibility index (Phi) is 8.27. The van der Waals surface area contributed by atoms with E-state index in [-0.39, 0.29) is 17.6 Å². The van der Waals surface area contributed by atoms with Crippen molar-refractivity contribution < 1.29 is 22.7 Å². The number of benzene rings is 3. The number of carbonyl (C=O) groups excluding carboxylic acids is 2. The number of aromatic nitrogens is 1. The maximum Gasteiger partial charge on any atom is 0.301 e. The summed E-state index contributed by atoms with van der Waals surface area (Å²) in [7, 11) is -2.73. The van der Waals surface area contributed by atoms with Crippen molar-refractivity contribution >= 4 is 39.0 Å². The zero-order valence-electron chi connectivity index (χ0n) is 25.9. The van der Waals surface area contributed by atoms with Gasteiger partial charge in [0.25, 0.3) is 11.8 Å². The molecule has 0 radical (unpaired) electrons. The lowest BCUT2D eigenvalue weighted by molar-refractivity contribution is -0.135. The molecular weight excluding hydrogens is 600 g/mol. The zero-order chi connectivity index (χ0) is 31.8. The van der Waals surface area contributed by atoms with E-state index in [4.69, 9.17) is 4.74 Å². The first-order valence-electron chi connectivity index (χ1n) is 16.0. The summed E-state index contributed by atoms with van der Waals surface area (Å²) in [6, 6.07) is 23.6. The molecule has 238 valence electrons. The minimum atomic E-state index is -3.98. The van der Waals surface area contributed by atoms with Crippen LogP contribution in [0.25, 0.3) is 28.2 Å². The highest BCUT2D eigenvalue weighted by molar-refractivity contribution is 7.88. The number of fused-ring (bicyclic) bond motifs is 5. The average molecular weight is 639 g/mol. The van der Waals surface area contributed by atoms with Crippen LogP contribution in [-0.4, -0.2) is 56.4 Å². The SMILES string of the molecule is CNS(=O)(=O)NC(=O)c1ccc2c(C3CCCCC3)c3n(c2c1)CC(C(=O)N1CCOC(c2ccccc2)C1)=Cc1ccccc1-3. The van der Waals surface area contributed by atoms with Gasteiger partial charge in [0.2, 0.25) is 0 Å². The van der Waals surface area contributed by atoms with Gasteiger partial charge in [-0.05, 0) is 53.7 Å². The molecule has 1 atom stereocenters. The molecular formula is C36H38N4O5S. The number of ether oxygens (including phenoxy) is 1. The lowest BCUT2D eigenvalue weighted by Gasteiger charge is -2.34. The Morgan fingerprint density at radius 1 is 0.935 bits per heavy atom. The number of hydrogen-bond acceptors (Lipinski definition) is 5. The van der Waals surface area contributed by atoms with Crippen molar-refractivity contribution in [2.24, 2.45) is 0 Å². The van der Waals surface area contributed by atoms with Crippen molar-refractivity contribution in [3.63, 3.8) is 0 Å². The maximum atomic E-state index is 14.4. The van der Waals surface area contributed by atoms with E-state index in [0.717, 1.165) is 59.0 Å². The van der Waals surface area contributed by atoms with E-state index in [1.165, 1.54) is 19.0 Å². The molecule has 2 N–H and O–H groups in total. The van der Waals surface area contributed by atoms with Crippen molar-refractivity contribution in [1.82, 2.24) is 18.9 Å². The van der Waals surface area contributed by atoms with Gasteiger partial charge in [-0.25, -0.2) is 9.44 Å². The second-order valence-corrected chi connectivity index (χ2v) is 14.0. The highest BCUT2D eigenvalue weighted by Gasteiger charge is 2.33. The summed E-state index contributed by atoms with van der Waals surface area (Å²) in [4.78, 5) is 29.4. The summed E-state index contributed by atoms with van der Waals surface area (Å²) in [5, 5.41) is 1.04. The fourth-order valence-corrected chi connectivity index (χ4v) is 7.75. The van der Waals surface area contributed by atoms with Crippen LogP contribution in [0.1, 0.15) is 71.2 Å². The Balaban J connectivity index is 1.34. The molecule has 1 saturated heterocycles. The summed E-state index contributed by atoms with van der Waals surface area (Å²) in [5.41, 5.74) is 7.09. The minimum absolute atomic E-state index is 0.0399. The second-order valence-electron chi connectivity index (χ2n) is 12.3. The average Bonchev–Trinajstić information content (AvgIpc) is 3.30. The third-order valence-corrected chi connectivity index (χ3v) is 10.5. The predicted molar refractivity (Wildman–Crippen MR) is 178 cm³/mol. The molecule has 2 fully saturated rings. The zero-order valence-corrected chi connectivity index (χ0v) is 26.7. The Bertz CT molecular complexity index is 1940. The highest BCUT2D eigenvalue weighted by Crippen LogP contribution is 2.46. The van der Waals surface area contributed by atoms with Crippen LogP contribution >= 0.6 is 0 Å². The smallest absolute Gasteiger partial charge is 0.301 e. The molecule has 7 rings (SSSR count). The molecule has 1 aromatic heterocycles. The van der Waals surface area contributed by atoms with Crippen LogP contribution in [0.2, 0.25) is 0 Å². The van der Waals surface area contributed by atoms with E-state index in [9.17, 15) is 18.0 Å². The van der Waals surface area contributed by atoms with Gasteiger partial charge in [-0.2, -0.15) is 8.42 Å². The molecule has 1 saturated carbocycles. The third-order valence-electron chi connectivity index (χ3n) is 9.55. The van der Waals surface area contributed by atoms with Crippen LogP contribution in [0.4, 0.5) is 0 Å². The molecule has 0 spiro atoms. The summed E-state index contributed by atoms with van der Waals surface area (Å²) in [6.45, 7) is 1.72. The quantitative estimate of drug-likeness (QED) is 0.288. The monoisotopic (exact) mass is 638 g/mol. The lowest BCUT2D eigenvalue weighted by atomic mass is 9.81. The molecule has 2 amide bonds. The van der Waals surface area contributed by atoms with Gasteiger partial charge in [-0.15, -0.1) is 0 Å². The van der Waals surface area contributed by atoms with Crippen molar-refractivity contribution in [2.45, 2.75) is 50.7 Å². The van der Waals surface area contributed by atoms with Gasteiger partial charge in [0, 0.05) is 41.2 Å². The number of hydrogen-bond donors (Lipinski definition) is 2. The second kappa shape index (κ2) is 12.5. The number of carbonyl (C=O) groups is 2. The fourth-order valence-electron chi connectivity index (χ4n) is 7.29. The van der Waals surface area contributed by atoms with Crippen LogP contribution in [0.5, 0.6) is 0 Å². The molecule has 46 heavy (non-hydrogen) atoms. The van der Waals surface area contributed by atoms with Crippen LogP contribution in [0.15, 0.2) is 78.4 Å². The van der Waals surface area contributed by atoms with Crippen LogP contribution in [0, 0.1) is 0 Å².